The Labute approximate surface area is 103 Å². The van der Waals surface area contributed by atoms with Gasteiger partial charge >= 0.3 is 12.4 Å². The van der Waals surface area contributed by atoms with E-state index < -0.39 is 34.9 Å². The zero-order valence-electron chi connectivity index (χ0n) is 9.10. The summed E-state index contributed by atoms with van der Waals surface area (Å²) >= 11 is 0. The number of hydrogen-bond donors (Lipinski definition) is 1. The number of benzene rings is 1. The molecular weight excluding hydrogens is 274 g/mol. The Kier molecular flexibility index (Phi) is 3.03. The van der Waals surface area contributed by atoms with Crippen molar-refractivity contribution in [2.24, 2.45) is 0 Å². The van der Waals surface area contributed by atoms with Gasteiger partial charge in [0.2, 0.25) is 0 Å². The largest absolute Gasteiger partial charge is 0.432 e. The van der Waals surface area contributed by atoms with Crippen LogP contribution in [0.5, 0.6) is 0 Å². The number of alkyl halides is 6. The third-order valence-electron chi connectivity index (χ3n) is 2.39. The first-order valence-electron chi connectivity index (χ1n) is 4.99. The Morgan fingerprint density at radius 3 is 2.05 bits per heavy atom. The number of H-pyrrole nitrogens is 1. The number of nitrogens with zero attached hydrogens (tertiary/aromatic N) is 1. The monoisotopic (exact) mass is 280 g/mol. The Morgan fingerprint density at radius 2 is 1.53 bits per heavy atom. The minimum Gasteiger partial charge on any atom is -0.273 e. The first-order valence-corrected chi connectivity index (χ1v) is 4.99. The van der Waals surface area contributed by atoms with Gasteiger partial charge < -0.3 is 0 Å². The second-order valence-corrected chi connectivity index (χ2v) is 3.71. The van der Waals surface area contributed by atoms with Crippen molar-refractivity contribution < 1.29 is 26.3 Å². The summed E-state index contributed by atoms with van der Waals surface area (Å²) in [6, 6.07) is 4.86. The minimum absolute atomic E-state index is 0.401. The van der Waals surface area contributed by atoms with Gasteiger partial charge in [0, 0.05) is 5.56 Å². The molecule has 2 aromatic rings. The summed E-state index contributed by atoms with van der Waals surface area (Å²) in [6.07, 6.45) is -9.34. The average molecular weight is 280 g/mol. The van der Waals surface area contributed by atoms with Crippen molar-refractivity contribution >= 4 is 0 Å². The predicted octanol–water partition coefficient (Wildman–Crippen LogP) is 4.11. The topological polar surface area (TPSA) is 28.7 Å². The van der Waals surface area contributed by atoms with Crippen LogP contribution < -0.4 is 0 Å². The highest BCUT2D eigenvalue weighted by Crippen LogP contribution is 2.37. The van der Waals surface area contributed by atoms with E-state index in [1.165, 1.54) is 6.07 Å². The van der Waals surface area contributed by atoms with Crippen LogP contribution >= 0.6 is 0 Å². The fourth-order valence-electron chi connectivity index (χ4n) is 1.56. The summed E-state index contributed by atoms with van der Waals surface area (Å²) in [6.45, 7) is 0. The van der Waals surface area contributed by atoms with Crippen LogP contribution in [-0.4, -0.2) is 10.2 Å². The molecule has 0 unspecified atom stereocenters. The van der Waals surface area contributed by atoms with Gasteiger partial charge in [-0.1, -0.05) is 18.2 Å². The second-order valence-electron chi connectivity index (χ2n) is 3.71. The van der Waals surface area contributed by atoms with Crippen molar-refractivity contribution in [2.45, 2.75) is 12.4 Å². The SMILES string of the molecule is FC(F)(F)c1cc(-c2ccccc2C(F)(F)F)n[nH]1. The molecule has 0 bridgehead atoms. The van der Waals surface area contributed by atoms with E-state index in [-0.39, 0.29) is 0 Å². The predicted molar refractivity (Wildman–Crippen MR) is 54.0 cm³/mol. The van der Waals surface area contributed by atoms with Crippen LogP contribution in [0.2, 0.25) is 0 Å². The molecule has 0 saturated carbocycles. The number of rotatable bonds is 1. The van der Waals surface area contributed by atoms with E-state index in [1.54, 1.807) is 5.10 Å². The number of hydrogen-bond acceptors (Lipinski definition) is 1. The quantitative estimate of drug-likeness (QED) is 0.782. The second kappa shape index (κ2) is 4.29. The molecule has 0 aliphatic rings. The highest BCUT2D eigenvalue weighted by Gasteiger charge is 2.36. The van der Waals surface area contributed by atoms with Crippen molar-refractivity contribution in [3.8, 4) is 11.3 Å². The molecule has 0 fully saturated rings. The summed E-state index contributed by atoms with van der Waals surface area (Å²) in [5.41, 5.74) is -3.03. The summed E-state index contributed by atoms with van der Waals surface area (Å²) in [4.78, 5) is 0. The maximum absolute atomic E-state index is 12.7. The van der Waals surface area contributed by atoms with Crippen LogP contribution in [0.4, 0.5) is 26.3 Å². The third kappa shape index (κ3) is 2.72. The molecule has 2 nitrogen and oxygen atoms in total. The van der Waals surface area contributed by atoms with Crippen molar-refractivity contribution in [1.29, 1.82) is 0 Å². The Hall–Kier alpha value is -1.99. The first-order chi connectivity index (χ1) is 8.69. The summed E-state index contributed by atoms with van der Waals surface area (Å²) in [5.74, 6) is 0. The fourth-order valence-corrected chi connectivity index (χ4v) is 1.56. The lowest BCUT2D eigenvalue weighted by Crippen LogP contribution is -2.07. The molecule has 0 aliphatic heterocycles. The lowest BCUT2D eigenvalue weighted by Gasteiger charge is -2.10. The molecule has 1 N–H and O–H groups in total. The highest BCUT2D eigenvalue weighted by molar-refractivity contribution is 5.64. The van der Waals surface area contributed by atoms with Crippen LogP contribution in [-0.2, 0) is 12.4 Å². The van der Waals surface area contributed by atoms with Gasteiger partial charge in [-0.25, -0.2) is 0 Å². The third-order valence-corrected chi connectivity index (χ3v) is 2.39. The van der Waals surface area contributed by atoms with Gasteiger partial charge in [-0.2, -0.15) is 31.4 Å². The number of aromatic amines is 1. The van der Waals surface area contributed by atoms with Crippen molar-refractivity contribution in [3.05, 3.63) is 41.6 Å². The van der Waals surface area contributed by atoms with Crippen LogP contribution in [0.25, 0.3) is 11.3 Å². The number of nitrogens with one attached hydrogen (secondary N) is 1. The van der Waals surface area contributed by atoms with Gasteiger partial charge in [-0.3, -0.25) is 5.10 Å². The molecule has 0 atom stereocenters. The van der Waals surface area contributed by atoms with E-state index in [1.807, 2.05) is 0 Å². The van der Waals surface area contributed by atoms with Gasteiger partial charge in [-0.15, -0.1) is 0 Å². The summed E-state index contributed by atoms with van der Waals surface area (Å²) in [5, 5.41) is 4.96. The van der Waals surface area contributed by atoms with Crippen LogP contribution in [0, 0.1) is 0 Å². The lowest BCUT2D eigenvalue weighted by atomic mass is 10.0. The van der Waals surface area contributed by atoms with E-state index in [9.17, 15) is 26.3 Å². The van der Waals surface area contributed by atoms with Gasteiger partial charge in [0.15, 0.2) is 0 Å². The molecule has 1 aromatic heterocycles. The minimum atomic E-state index is -4.68. The Balaban J connectivity index is 2.52. The maximum atomic E-state index is 12.7. The van der Waals surface area contributed by atoms with Crippen molar-refractivity contribution in [2.75, 3.05) is 0 Å². The molecule has 1 aromatic carbocycles. The Morgan fingerprint density at radius 1 is 0.895 bits per heavy atom. The molecule has 0 aliphatic carbocycles. The van der Waals surface area contributed by atoms with E-state index in [0.717, 1.165) is 18.2 Å². The molecule has 0 saturated heterocycles. The van der Waals surface area contributed by atoms with Gasteiger partial charge in [0.05, 0.1) is 11.3 Å². The number of aromatic nitrogens is 2. The molecule has 0 radical (unpaired) electrons. The molecule has 0 amide bonds. The molecule has 19 heavy (non-hydrogen) atoms. The molecular formula is C11H6F6N2. The van der Waals surface area contributed by atoms with Crippen LogP contribution in [0.3, 0.4) is 0 Å². The van der Waals surface area contributed by atoms with Gasteiger partial charge in [0.25, 0.3) is 0 Å². The van der Waals surface area contributed by atoms with Crippen molar-refractivity contribution in [3.63, 3.8) is 0 Å². The van der Waals surface area contributed by atoms with Crippen LogP contribution in [0.1, 0.15) is 11.3 Å². The zero-order valence-corrected chi connectivity index (χ0v) is 9.10. The standard InChI is InChI=1S/C11H6F6N2/c12-10(13,14)7-4-2-1-3-6(7)8-5-9(19-18-8)11(15,16)17/h1-5H,(H,18,19). The fraction of sp³-hybridized carbons (Fsp3) is 0.182. The van der Waals surface area contributed by atoms with E-state index >= 15 is 0 Å². The van der Waals surface area contributed by atoms with Crippen LogP contribution in [0.15, 0.2) is 30.3 Å². The van der Waals surface area contributed by atoms with Gasteiger partial charge in [-0.05, 0) is 12.1 Å². The summed E-state index contributed by atoms with van der Waals surface area (Å²) < 4.78 is 75.2. The lowest BCUT2D eigenvalue weighted by molar-refractivity contribution is -0.141. The molecule has 8 heteroatoms. The summed E-state index contributed by atoms with van der Waals surface area (Å²) in [7, 11) is 0. The van der Waals surface area contributed by atoms with E-state index in [4.69, 9.17) is 0 Å². The molecule has 0 spiro atoms. The Bertz CT molecular complexity index is 581. The zero-order chi connectivity index (χ0) is 14.3. The first kappa shape index (κ1) is 13.4. The molecule has 1 heterocycles. The average Bonchev–Trinajstić information content (AvgIpc) is 2.76. The molecule has 2 rings (SSSR count). The molecule has 102 valence electrons. The number of halogens is 6. The van der Waals surface area contributed by atoms with Gasteiger partial charge in [0.1, 0.15) is 5.69 Å². The normalized spacial score (nSPS) is 12.7. The van der Waals surface area contributed by atoms with E-state index in [2.05, 4.69) is 5.10 Å². The van der Waals surface area contributed by atoms with Crippen molar-refractivity contribution in [1.82, 2.24) is 10.2 Å². The smallest absolute Gasteiger partial charge is 0.273 e. The maximum Gasteiger partial charge on any atom is 0.432 e. The highest BCUT2D eigenvalue weighted by atomic mass is 19.4. The van der Waals surface area contributed by atoms with E-state index in [0.29, 0.717) is 6.07 Å².